The SMILES string of the molecule is CC(C)(C)Cc1cccc(C(=O)Oc2ccc3ccccc3c2C(=N)N)c1. The van der Waals surface area contributed by atoms with E-state index in [4.69, 9.17) is 15.9 Å². The van der Waals surface area contributed by atoms with Crippen LogP contribution in [0.3, 0.4) is 0 Å². The quantitative estimate of drug-likeness (QED) is 0.300. The van der Waals surface area contributed by atoms with Crippen molar-refractivity contribution in [2.45, 2.75) is 27.2 Å². The molecule has 0 fully saturated rings. The third kappa shape index (κ3) is 4.34. The lowest BCUT2D eigenvalue weighted by atomic mass is 9.88. The summed E-state index contributed by atoms with van der Waals surface area (Å²) in [5.41, 5.74) is 7.92. The van der Waals surface area contributed by atoms with E-state index < -0.39 is 5.97 Å². The second kappa shape index (κ2) is 7.23. The van der Waals surface area contributed by atoms with Crippen LogP contribution in [0.4, 0.5) is 0 Å². The average Bonchev–Trinajstić information content (AvgIpc) is 2.60. The molecule has 0 heterocycles. The Balaban J connectivity index is 1.94. The maximum atomic E-state index is 12.7. The standard InChI is InChI=1S/C23H24N2O2/c1-23(2,3)14-15-7-6-9-17(13-15)22(26)27-19-12-11-16-8-4-5-10-18(16)20(19)21(24)25/h4-13H,14H2,1-3H3,(H3,24,25). The van der Waals surface area contributed by atoms with Crippen molar-refractivity contribution in [3.05, 3.63) is 77.4 Å². The van der Waals surface area contributed by atoms with Gasteiger partial charge in [0, 0.05) is 0 Å². The summed E-state index contributed by atoms with van der Waals surface area (Å²) in [5.74, 6) is -0.285. The van der Waals surface area contributed by atoms with Gasteiger partial charge in [-0.05, 0) is 46.4 Å². The number of carbonyl (C=O) groups excluding carboxylic acids is 1. The summed E-state index contributed by atoms with van der Waals surface area (Å²) in [7, 11) is 0. The smallest absolute Gasteiger partial charge is 0.343 e. The number of nitrogen functional groups attached to an aromatic ring is 1. The lowest BCUT2D eigenvalue weighted by molar-refractivity contribution is 0.0734. The predicted molar refractivity (Wildman–Crippen MR) is 110 cm³/mol. The summed E-state index contributed by atoms with van der Waals surface area (Å²) in [6, 6.07) is 18.6. The van der Waals surface area contributed by atoms with Crippen LogP contribution in [0.25, 0.3) is 10.8 Å². The summed E-state index contributed by atoms with van der Waals surface area (Å²) in [5, 5.41) is 9.65. The van der Waals surface area contributed by atoms with Crippen LogP contribution in [-0.2, 0) is 6.42 Å². The van der Waals surface area contributed by atoms with Crippen LogP contribution in [-0.4, -0.2) is 11.8 Å². The highest BCUT2D eigenvalue weighted by atomic mass is 16.5. The molecule has 0 aromatic heterocycles. The van der Waals surface area contributed by atoms with Gasteiger partial charge in [-0.25, -0.2) is 4.79 Å². The van der Waals surface area contributed by atoms with Gasteiger partial charge >= 0.3 is 5.97 Å². The van der Waals surface area contributed by atoms with Crippen LogP contribution in [0.1, 0.15) is 42.3 Å². The predicted octanol–water partition coefficient (Wildman–Crippen LogP) is 4.93. The van der Waals surface area contributed by atoms with E-state index in [-0.39, 0.29) is 11.3 Å². The number of carbonyl (C=O) groups is 1. The van der Waals surface area contributed by atoms with Crippen molar-refractivity contribution in [1.29, 1.82) is 5.41 Å². The Morgan fingerprint density at radius 1 is 1.04 bits per heavy atom. The molecule has 4 nitrogen and oxygen atoms in total. The van der Waals surface area contributed by atoms with Crippen molar-refractivity contribution in [3.63, 3.8) is 0 Å². The van der Waals surface area contributed by atoms with Crippen LogP contribution in [0.2, 0.25) is 0 Å². The van der Waals surface area contributed by atoms with Gasteiger partial charge in [0.05, 0.1) is 11.1 Å². The number of rotatable bonds is 4. The molecule has 27 heavy (non-hydrogen) atoms. The second-order valence-corrected chi connectivity index (χ2v) is 7.90. The topological polar surface area (TPSA) is 76.2 Å². The minimum atomic E-state index is -0.455. The van der Waals surface area contributed by atoms with Crippen LogP contribution in [0, 0.1) is 10.8 Å². The van der Waals surface area contributed by atoms with Crippen LogP contribution in [0.15, 0.2) is 60.7 Å². The van der Waals surface area contributed by atoms with E-state index in [1.165, 1.54) is 0 Å². The highest BCUT2D eigenvalue weighted by Crippen LogP contribution is 2.28. The molecule has 0 atom stereocenters. The fourth-order valence-corrected chi connectivity index (χ4v) is 3.19. The largest absolute Gasteiger partial charge is 0.422 e. The van der Waals surface area contributed by atoms with E-state index in [0.717, 1.165) is 22.8 Å². The molecule has 0 aliphatic rings. The number of hydrogen-bond donors (Lipinski definition) is 2. The Labute approximate surface area is 159 Å². The normalized spacial score (nSPS) is 11.4. The maximum Gasteiger partial charge on any atom is 0.343 e. The molecule has 0 aliphatic heterocycles. The van der Waals surface area contributed by atoms with Gasteiger partial charge in [0.15, 0.2) is 0 Å². The van der Waals surface area contributed by atoms with Crippen molar-refractivity contribution in [2.24, 2.45) is 11.1 Å². The number of amidine groups is 1. The number of hydrogen-bond acceptors (Lipinski definition) is 3. The molecule has 3 N–H and O–H groups in total. The Kier molecular flexibility index (Phi) is 5.00. The number of ether oxygens (including phenoxy) is 1. The fraction of sp³-hybridized carbons (Fsp3) is 0.217. The molecule has 4 heteroatoms. The van der Waals surface area contributed by atoms with E-state index in [0.29, 0.717) is 16.9 Å². The van der Waals surface area contributed by atoms with E-state index in [1.54, 1.807) is 12.1 Å². The van der Waals surface area contributed by atoms with E-state index in [1.807, 2.05) is 48.5 Å². The fourth-order valence-electron chi connectivity index (χ4n) is 3.19. The van der Waals surface area contributed by atoms with Gasteiger partial charge in [0.2, 0.25) is 0 Å². The molecule has 0 saturated heterocycles. The zero-order chi connectivity index (χ0) is 19.6. The minimum absolute atomic E-state index is 0.128. The number of nitrogens with one attached hydrogen (secondary N) is 1. The summed E-state index contributed by atoms with van der Waals surface area (Å²) in [6.07, 6.45) is 0.864. The highest BCUT2D eigenvalue weighted by Gasteiger charge is 2.17. The van der Waals surface area contributed by atoms with E-state index in [9.17, 15) is 4.79 Å². The molecule has 3 aromatic carbocycles. The lowest BCUT2D eigenvalue weighted by Gasteiger charge is -2.18. The first-order valence-corrected chi connectivity index (χ1v) is 8.92. The molecule has 138 valence electrons. The molecule has 0 saturated carbocycles. The Morgan fingerprint density at radius 3 is 2.48 bits per heavy atom. The van der Waals surface area contributed by atoms with E-state index >= 15 is 0 Å². The summed E-state index contributed by atoms with van der Waals surface area (Å²) < 4.78 is 5.63. The number of fused-ring (bicyclic) bond motifs is 1. The van der Waals surface area contributed by atoms with Crippen LogP contribution < -0.4 is 10.5 Å². The molecule has 0 radical (unpaired) electrons. The number of nitrogens with two attached hydrogens (primary N) is 1. The average molecular weight is 360 g/mol. The summed E-state index contributed by atoms with van der Waals surface area (Å²) >= 11 is 0. The van der Waals surface area contributed by atoms with Crippen molar-refractivity contribution >= 4 is 22.6 Å². The van der Waals surface area contributed by atoms with Crippen molar-refractivity contribution in [2.75, 3.05) is 0 Å². The molecule has 0 aliphatic carbocycles. The molecule has 0 amide bonds. The summed E-state index contributed by atoms with van der Waals surface area (Å²) in [4.78, 5) is 12.7. The van der Waals surface area contributed by atoms with Crippen molar-refractivity contribution < 1.29 is 9.53 Å². The first-order chi connectivity index (χ1) is 12.7. The number of benzene rings is 3. The Morgan fingerprint density at radius 2 is 1.78 bits per heavy atom. The van der Waals surface area contributed by atoms with Gasteiger partial charge in [0.25, 0.3) is 0 Å². The Bertz CT molecular complexity index is 1020. The monoisotopic (exact) mass is 360 g/mol. The molecular formula is C23H24N2O2. The van der Waals surface area contributed by atoms with Gasteiger partial charge in [-0.3, -0.25) is 5.41 Å². The van der Waals surface area contributed by atoms with Crippen LogP contribution in [0.5, 0.6) is 5.75 Å². The lowest BCUT2D eigenvalue weighted by Crippen LogP contribution is -2.17. The first-order valence-electron chi connectivity index (χ1n) is 8.92. The second-order valence-electron chi connectivity index (χ2n) is 7.90. The van der Waals surface area contributed by atoms with Gasteiger partial charge in [-0.1, -0.05) is 63.2 Å². The van der Waals surface area contributed by atoms with Gasteiger partial charge in [-0.15, -0.1) is 0 Å². The van der Waals surface area contributed by atoms with Crippen LogP contribution >= 0.6 is 0 Å². The molecule has 0 spiro atoms. The number of esters is 1. The molecule has 3 aromatic rings. The van der Waals surface area contributed by atoms with Crippen molar-refractivity contribution in [3.8, 4) is 5.75 Å². The minimum Gasteiger partial charge on any atom is -0.422 e. The third-order valence-corrected chi connectivity index (χ3v) is 4.26. The van der Waals surface area contributed by atoms with Gasteiger partial charge in [-0.2, -0.15) is 0 Å². The molecule has 3 rings (SSSR count). The molecule has 0 bridgehead atoms. The zero-order valence-corrected chi connectivity index (χ0v) is 15.9. The zero-order valence-electron chi connectivity index (χ0n) is 15.9. The van der Waals surface area contributed by atoms with Gasteiger partial charge < -0.3 is 10.5 Å². The third-order valence-electron chi connectivity index (χ3n) is 4.26. The maximum absolute atomic E-state index is 12.7. The molecule has 0 unspecified atom stereocenters. The van der Waals surface area contributed by atoms with Gasteiger partial charge in [0.1, 0.15) is 11.6 Å². The molecular weight excluding hydrogens is 336 g/mol. The highest BCUT2D eigenvalue weighted by molar-refractivity contribution is 6.10. The van der Waals surface area contributed by atoms with Crippen molar-refractivity contribution in [1.82, 2.24) is 0 Å². The summed E-state index contributed by atoms with van der Waals surface area (Å²) in [6.45, 7) is 6.48. The van der Waals surface area contributed by atoms with E-state index in [2.05, 4.69) is 20.8 Å². The first kappa shape index (κ1) is 18.6. The Hall–Kier alpha value is -3.14.